The molecule has 1 aliphatic heterocycles. The van der Waals surface area contributed by atoms with Crippen LogP contribution in [0.2, 0.25) is 0 Å². The van der Waals surface area contributed by atoms with Gasteiger partial charge in [-0.25, -0.2) is 9.20 Å². The van der Waals surface area contributed by atoms with Crippen molar-refractivity contribution >= 4 is 22.0 Å². The average Bonchev–Trinajstić information content (AvgIpc) is 2.71. The summed E-state index contributed by atoms with van der Waals surface area (Å²) in [5.74, 6) is 0. The summed E-state index contributed by atoms with van der Waals surface area (Å²) >= 11 is 0. The first kappa shape index (κ1) is 10.4. The highest BCUT2D eigenvalue weighted by Crippen LogP contribution is 2.33. The lowest BCUT2D eigenvalue weighted by Crippen LogP contribution is -1.88. The molecule has 1 atom stereocenters. The highest BCUT2D eigenvalue weighted by molar-refractivity contribution is 7.99. The van der Waals surface area contributed by atoms with Crippen LogP contribution < -0.4 is 0 Å². The predicted octanol–water partition coefficient (Wildman–Crippen LogP) is 3.44. The summed E-state index contributed by atoms with van der Waals surface area (Å²) in [7, 11) is -1.08. The van der Waals surface area contributed by atoms with Crippen LogP contribution in [0.3, 0.4) is 0 Å². The Kier molecular flexibility index (Phi) is 2.41. The van der Waals surface area contributed by atoms with Crippen molar-refractivity contribution in [3.8, 4) is 11.1 Å². The van der Waals surface area contributed by atoms with E-state index >= 15 is 0 Å². The number of nitrogens with zero attached hydrogens (tertiary/aromatic N) is 1. The molecule has 3 rings (SSSR count). The van der Waals surface area contributed by atoms with Gasteiger partial charge in [-0.05, 0) is 35.7 Å². The maximum Gasteiger partial charge on any atom is 0.0984 e. The van der Waals surface area contributed by atoms with E-state index in [1.807, 2.05) is 30.3 Å². The van der Waals surface area contributed by atoms with E-state index in [9.17, 15) is 4.21 Å². The van der Waals surface area contributed by atoms with Gasteiger partial charge in [-0.2, -0.15) is 0 Å². The average molecular weight is 241 g/mol. The molecule has 84 valence electrons. The Labute approximate surface area is 102 Å². The van der Waals surface area contributed by atoms with Gasteiger partial charge in [0.2, 0.25) is 0 Å². The van der Waals surface area contributed by atoms with Crippen molar-refractivity contribution in [2.45, 2.75) is 11.8 Å². The minimum atomic E-state index is -1.08. The molecule has 0 saturated carbocycles. The standard InChI is InChI=1S/C14H11NOS/c1-10-4-2-3-5-12(10)11-6-7-13-14(8-11)17(16)9-15-13/h2-9H,1H3. The molecule has 2 nitrogen and oxygen atoms in total. The first-order valence-electron chi connectivity index (χ1n) is 5.40. The number of benzene rings is 2. The summed E-state index contributed by atoms with van der Waals surface area (Å²) in [4.78, 5) is 4.92. The number of fused-ring (bicyclic) bond motifs is 1. The van der Waals surface area contributed by atoms with Crippen LogP contribution >= 0.6 is 0 Å². The van der Waals surface area contributed by atoms with Gasteiger partial charge >= 0.3 is 0 Å². The third kappa shape index (κ3) is 1.72. The zero-order valence-electron chi connectivity index (χ0n) is 9.38. The molecule has 3 heteroatoms. The summed E-state index contributed by atoms with van der Waals surface area (Å²) in [6, 6.07) is 14.1. The summed E-state index contributed by atoms with van der Waals surface area (Å²) < 4.78 is 11.7. The number of aliphatic imine (C=N–C) groups is 1. The van der Waals surface area contributed by atoms with Crippen molar-refractivity contribution in [3.63, 3.8) is 0 Å². The van der Waals surface area contributed by atoms with Crippen molar-refractivity contribution < 1.29 is 4.21 Å². The quantitative estimate of drug-likeness (QED) is 0.752. The van der Waals surface area contributed by atoms with E-state index < -0.39 is 10.8 Å². The van der Waals surface area contributed by atoms with Gasteiger partial charge in [0.15, 0.2) is 0 Å². The largest absolute Gasteiger partial charge is 0.248 e. The second kappa shape index (κ2) is 3.93. The van der Waals surface area contributed by atoms with Crippen LogP contribution in [0.15, 0.2) is 52.4 Å². The second-order valence-electron chi connectivity index (χ2n) is 4.03. The maximum atomic E-state index is 11.7. The number of aryl methyl sites for hydroxylation is 1. The Hall–Kier alpha value is -1.74. The Morgan fingerprint density at radius 1 is 1.12 bits per heavy atom. The molecule has 0 radical (unpaired) electrons. The summed E-state index contributed by atoms with van der Waals surface area (Å²) in [5, 5.41) is 0. The van der Waals surface area contributed by atoms with Crippen LogP contribution in [-0.4, -0.2) is 9.76 Å². The third-order valence-electron chi connectivity index (χ3n) is 2.92. The van der Waals surface area contributed by atoms with E-state index in [0.29, 0.717) is 0 Å². The van der Waals surface area contributed by atoms with E-state index in [-0.39, 0.29) is 0 Å². The maximum absolute atomic E-state index is 11.7. The summed E-state index contributed by atoms with van der Waals surface area (Å²) in [5.41, 5.74) is 5.81. The molecule has 17 heavy (non-hydrogen) atoms. The highest BCUT2D eigenvalue weighted by Gasteiger charge is 2.15. The van der Waals surface area contributed by atoms with E-state index in [1.54, 1.807) is 0 Å². The molecule has 0 aromatic heterocycles. The van der Waals surface area contributed by atoms with Crippen molar-refractivity contribution in [1.29, 1.82) is 0 Å². The zero-order chi connectivity index (χ0) is 11.8. The number of rotatable bonds is 1. The smallest absolute Gasteiger partial charge is 0.0984 e. The first-order valence-corrected chi connectivity index (χ1v) is 6.62. The SMILES string of the molecule is Cc1ccccc1-c1ccc2c(c1)S(=O)C=N2. The van der Waals surface area contributed by atoms with Gasteiger partial charge in [0.05, 0.1) is 26.9 Å². The summed E-state index contributed by atoms with van der Waals surface area (Å²) in [6.07, 6.45) is 0. The van der Waals surface area contributed by atoms with Gasteiger partial charge in [0, 0.05) is 0 Å². The molecule has 2 aromatic carbocycles. The third-order valence-corrected chi connectivity index (χ3v) is 3.98. The molecule has 0 aliphatic carbocycles. The lowest BCUT2D eigenvalue weighted by Gasteiger charge is -2.06. The molecule has 0 bridgehead atoms. The van der Waals surface area contributed by atoms with E-state index in [0.717, 1.165) is 16.1 Å². The molecule has 1 unspecified atom stereocenters. The Balaban J connectivity index is 2.16. The van der Waals surface area contributed by atoms with E-state index in [2.05, 4.69) is 24.0 Å². The van der Waals surface area contributed by atoms with Crippen LogP contribution in [0.4, 0.5) is 5.69 Å². The number of hydrogen-bond acceptors (Lipinski definition) is 2. The monoisotopic (exact) mass is 241 g/mol. The minimum Gasteiger partial charge on any atom is -0.248 e. The molecule has 0 N–H and O–H groups in total. The predicted molar refractivity (Wildman–Crippen MR) is 71.2 cm³/mol. The molecule has 1 aliphatic rings. The molecule has 2 aromatic rings. The zero-order valence-corrected chi connectivity index (χ0v) is 10.2. The second-order valence-corrected chi connectivity index (χ2v) is 5.27. The lowest BCUT2D eigenvalue weighted by atomic mass is 10.0. The summed E-state index contributed by atoms with van der Waals surface area (Å²) in [6.45, 7) is 2.08. The van der Waals surface area contributed by atoms with Crippen LogP contribution in [0.25, 0.3) is 11.1 Å². The lowest BCUT2D eigenvalue weighted by molar-refractivity contribution is 0.691. The highest BCUT2D eigenvalue weighted by atomic mass is 32.2. The van der Waals surface area contributed by atoms with Crippen LogP contribution in [0.5, 0.6) is 0 Å². The topological polar surface area (TPSA) is 29.4 Å². The fraction of sp³-hybridized carbons (Fsp3) is 0.0714. The molecular weight excluding hydrogens is 230 g/mol. The molecule has 1 heterocycles. The fourth-order valence-corrected chi connectivity index (χ4v) is 2.90. The first-order chi connectivity index (χ1) is 8.25. The van der Waals surface area contributed by atoms with Crippen molar-refractivity contribution in [2.24, 2.45) is 4.99 Å². The van der Waals surface area contributed by atoms with Crippen molar-refractivity contribution in [1.82, 2.24) is 0 Å². The fourth-order valence-electron chi connectivity index (χ4n) is 2.01. The molecule has 0 fully saturated rings. The number of hydrogen-bond donors (Lipinski definition) is 0. The minimum absolute atomic E-state index is 0.811. The molecule has 0 spiro atoms. The van der Waals surface area contributed by atoms with Gasteiger partial charge in [-0.3, -0.25) is 0 Å². The van der Waals surface area contributed by atoms with Crippen LogP contribution in [0, 0.1) is 6.92 Å². The Morgan fingerprint density at radius 2 is 1.94 bits per heavy atom. The molecule has 0 amide bonds. The molecular formula is C14H11NOS. The van der Waals surface area contributed by atoms with Crippen LogP contribution in [-0.2, 0) is 10.8 Å². The van der Waals surface area contributed by atoms with Crippen LogP contribution in [0.1, 0.15) is 5.56 Å². The Morgan fingerprint density at radius 3 is 2.76 bits per heavy atom. The van der Waals surface area contributed by atoms with Gasteiger partial charge < -0.3 is 0 Å². The molecule has 0 saturated heterocycles. The van der Waals surface area contributed by atoms with Gasteiger partial charge in [-0.1, -0.05) is 30.3 Å². The normalized spacial score (nSPS) is 17.1. The van der Waals surface area contributed by atoms with E-state index in [1.165, 1.54) is 16.7 Å². The van der Waals surface area contributed by atoms with E-state index in [4.69, 9.17) is 0 Å². The van der Waals surface area contributed by atoms with Gasteiger partial charge in [0.25, 0.3) is 0 Å². The van der Waals surface area contributed by atoms with Crippen molar-refractivity contribution in [3.05, 3.63) is 48.0 Å². The van der Waals surface area contributed by atoms with Crippen molar-refractivity contribution in [2.75, 3.05) is 0 Å². The Bertz CT molecular complexity index is 646. The van der Waals surface area contributed by atoms with Gasteiger partial charge in [-0.15, -0.1) is 0 Å². The van der Waals surface area contributed by atoms with Gasteiger partial charge in [0.1, 0.15) is 0 Å².